The average molecular weight is 244 g/mol. The van der Waals surface area contributed by atoms with Crippen molar-refractivity contribution in [1.82, 2.24) is 14.8 Å². The normalized spacial score (nSPS) is 10.6. The smallest absolute Gasteiger partial charge is 0.293 e. The number of aromatic nitrogens is 3. The third-order valence-electron chi connectivity index (χ3n) is 1.88. The molecule has 1 aromatic carbocycles. The van der Waals surface area contributed by atoms with Crippen molar-refractivity contribution in [2.75, 3.05) is 0 Å². The molecule has 0 atom stereocenters. The lowest BCUT2D eigenvalue weighted by Gasteiger charge is -2.00. The lowest BCUT2D eigenvalue weighted by molar-refractivity contribution is 0.833. The van der Waals surface area contributed by atoms with Gasteiger partial charge in [-0.25, -0.2) is 4.79 Å². The zero-order chi connectivity index (χ0) is 11.0. The first-order chi connectivity index (χ1) is 7.08. The van der Waals surface area contributed by atoms with Crippen molar-refractivity contribution in [2.24, 2.45) is 0 Å². The molecule has 2 aromatic rings. The Hall–Kier alpha value is -1.26. The number of benzene rings is 1. The Morgan fingerprint density at radius 2 is 2.07 bits per heavy atom. The number of hydrogen-bond acceptors (Lipinski definition) is 2. The molecular formula is C9H7Cl2N3O. The first-order valence-electron chi connectivity index (χ1n) is 4.19. The molecule has 0 fully saturated rings. The van der Waals surface area contributed by atoms with Gasteiger partial charge in [-0.1, -0.05) is 23.2 Å². The van der Waals surface area contributed by atoms with Gasteiger partial charge >= 0.3 is 5.69 Å². The predicted octanol–water partition coefficient (Wildman–Crippen LogP) is 2.18. The number of rotatable bonds is 1. The van der Waals surface area contributed by atoms with E-state index in [1.165, 1.54) is 4.68 Å². The molecule has 0 amide bonds. The van der Waals surface area contributed by atoms with Crippen molar-refractivity contribution in [3.05, 3.63) is 44.6 Å². The molecule has 0 saturated carbocycles. The number of H-pyrrole nitrogens is 1. The Morgan fingerprint density at radius 3 is 2.60 bits per heavy atom. The van der Waals surface area contributed by atoms with Crippen LogP contribution in [0.4, 0.5) is 0 Å². The van der Waals surface area contributed by atoms with E-state index in [1.54, 1.807) is 25.1 Å². The summed E-state index contributed by atoms with van der Waals surface area (Å²) >= 11 is 11.6. The van der Waals surface area contributed by atoms with Gasteiger partial charge in [0, 0.05) is 0 Å². The molecule has 1 aromatic heterocycles. The Morgan fingerprint density at radius 1 is 1.33 bits per heavy atom. The molecule has 0 unspecified atom stereocenters. The maximum Gasteiger partial charge on any atom is 0.348 e. The van der Waals surface area contributed by atoms with Gasteiger partial charge in [0.1, 0.15) is 5.82 Å². The molecule has 0 aliphatic carbocycles. The molecule has 78 valence electrons. The second-order valence-corrected chi connectivity index (χ2v) is 3.84. The highest BCUT2D eigenvalue weighted by Crippen LogP contribution is 2.23. The van der Waals surface area contributed by atoms with Crippen LogP contribution in [0.25, 0.3) is 5.69 Å². The summed E-state index contributed by atoms with van der Waals surface area (Å²) in [6, 6.07) is 4.89. The van der Waals surface area contributed by atoms with Crippen LogP contribution in [-0.2, 0) is 0 Å². The highest BCUT2D eigenvalue weighted by Gasteiger charge is 2.06. The summed E-state index contributed by atoms with van der Waals surface area (Å²) in [5, 5.41) is 4.83. The quantitative estimate of drug-likeness (QED) is 0.835. The monoisotopic (exact) mass is 243 g/mol. The number of halogens is 2. The summed E-state index contributed by atoms with van der Waals surface area (Å²) in [7, 11) is 0. The minimum absolute atomic E-state index is 0.300. The maximum absolute atomic E-state index is 11.4. The summed E-state index contributed by atoms with van der Waals surface area (Å²) in [6.07, 6.45) is 0. The van der Waals surface area contributed by atoms with Gasteiger partial charge in [0.25, 0.3) is 0 Å². The fourth-order valence-electron chi connectivity index (χ4n) is 1.22. The van der Waals surface area contributed by atoms with Crippen LogP contribution in [0, 0.1) is 6.92 Å². The Labute approximate surface area is 95.4 Å². The van der Waals surface area contributed by atoms with E-state index in [-0.39, 0.29) is 5.69 Å². The first-order valence-corrected chi connectivity index (χ1v) is 4.95. The molecule has 0 saturated heterocycles. The molecule has 1 heterocycles. The van der Waals surface area contributed by atoms with E-state index in [4.69, 9.17) is 23.2 Å². The summed E-state index contributed by atoms with van der Waals surface area (Å²) < 4.78 is 1.23. The molecule has 15 heavy (non-hydrogen) atoms. The van der Waals surface area contributed by atoms with E-state index >= 15 is 0 Å². The van der Waals surface area contributed by atoms with E-state index in [0.717, 1.165) is 0 Å². The van der Waals surface area contributed by atoms with Crippen molar-refractivity contribution in [1.29, 1.82) is 0 Å². The first kappa shape index (κ1) is 10.3. The average Bonchev–Trinajstić information content (AvgIpc) is 2.50. The van der Waals surface area contributed by atoms with E-state index in [0.29, 0.717) is 21.6 Å². The van der Waals surface area contributed by atoms with Crippen molar-refractivity contribution < 1.29 is 0 Å². The number of aryl methyl sites for hydroxylation is 1. The van der Waals surface area contributed by atoms with E-state index < -0.39 is 0 Å². The van der Waals surface area contributed by atoms with Crippen LogP contribution < -0.4 is 5.69 Å². The molecular weight excluding hydrogens is 237 g/mol. The molecule has 2 rings (SSSR count). The largest absolute Gasteiger partial charge is 0.348 e. The molecule has 0 spiro atoms. The summed E-state index contributed by atoms with van der Waals surface area (Å²) in [6.45, 7) is 1.70. The Kier molecular flexibility index (Phi) is 2.54. The predicted molar refractivity (Wildman–Crippen MR) is 58.9 cm³/mol. The zero-order valence-electron chi connectivity index (χ0n) is 7.79. The van der Waals surface area contributed by atoms with Crippen molar-refractivity contribution in [3.8, 4) is 5.69 Å². The second-order valence-electron chi connectivity index (χ2n) is 3.03. The van der Waals surface area contributed by atoms with Crippen LogP contribution in [0.3, 0.4) is 0 Å². The third-order valence-corrected chi connectivity index (χ3v) is 2.62. The van der Waals surface area contributed by atoms with Crippen LogP contribution in [0.15, 0.2) is 23.0 Å². The molecule has 4 nitrogen and oxygen atoms in total. The Balaban J connectivity index is 2.59. The Bertz CT molecular complexity index is 559. The third kappa shape index (κ3) is 1.91. The highest BCUT2D eigenvalue weighted by molar-refractivity contribution is 6.42. The number of hydrogen-bond donors (Lipinski definition) is 1. The number of nitrogens with one attached hydrogen (secondary N) is 1. The number of aromatic amines is 1. The van der Waals surface area contributed by atoms with Crippen LogP contribution in [0.5, 0.6) is 0 Å². The van der Waals surface area contributed by atoms with Crippen molar-refractivity contribution >= 4 is 23.2 Å². The lowest BCUT2D eigenvalue weighted by Crippen LogP contribution is -2.15. The van der Waals surface area contributed by atoms with Crippen LogP contribution in [-0.4, -0.2) is 14.8 Å². The van der Waals surface area contributed by atoms with E-state index in [9.17, 15) is 4.79 Å². The summed E-state index contributed by atoms with van der Waals surface area (Å²) in [5.74, 6) is 0.547. The van der Waals surface area contributed by atoms with E-state index in [1.807, 2.05) is 0 Å². The van der Waals surface area contributed by atoms with Gasteiger partial charge in [-0.3, -0.25) is 4.98 Å². The van der Waals surface area contributed by atoms with Gasteiger partial charge in [-0.15, -0.1) is 0 Å². The van der Waals surface area contributed by atoms with Gasteiger partial charge in [-0.2, -0.15) is 9.78 Å². The molecule has 0 radical (unpaired) electrons. The fourth-order valence-corrected chi connectivity index (χ4v) is 1.51. The van der Waals surface area contributed by atoms with Gasteiger partial charge in [0.15, 0.2) is 0 Å². The molecule has 1 N–H and O–H groups in total. The molecule has 0 aliphatic heterocycles. The van der Waals surface area contributed by atoms with Gasteiger partial charge < -0.3 is 0 Å². The zero-order valence-corrected chi connectivity index (χ0v) is 9.30. The maximum atomic E-state index is 11.4. The number of nitrogens with zero attached hydrogens (tertiary/aromatic N) is 2. The lowest BCUT2D eigenvalue weighted by atomic mass is 10.3. The highest BCUT2D eigenvalue weighted by atomic mass is 35.5. The summed E-state index contributed by atoms with van der Waals surface area (Å²) in [4.78, 5) is 14.0. The topological polar surface area (TPSA) is 50.7 Å². The van der Waals surface area contributed by atoms with Gasteiger partial charge in [0.2, 0.25) is 0 Å². The molecule has 6 heteroatoms. The minimum atomic E-state index is -0.300. The SMILES string of the molecule is Cc1nn(-c2ccc(Cl)c(Cl)c2)c(=O)[nH]1. The van der Waals surface area contributed by atoms with Crippen molar-refractivity contribution in [3.63, 3.8) is 0 Å². The minimum Gasteiger partial charge on any atom is -0.293 e. The second kappa shape index (κ2) is 3.72. The van der Waals surface area contributed by atoms with Crippen LogP contribution in [0.2, 0.25) is 10.0 Å². The fraction of sp³-hybridized carbons (Fsp3) is 0.111. The van der Waals surface area contributed by atoms with Crippen LogP contribution in [0.1, 0.15) is 5.82 Å². The summed E-state index contributed by atoms with van der Waals surface area (Å²) in [5.41, 5.74) is 0.282. The van der Waals surface area contributed by atoms with Gasteiger partial charge in [-0.05, 0) is 25.1 Å². The van der Waals surface area contributed by atoms with E-state index in [2.05, 4.69) is 10.1 Å². The molecule has 0 bridgehead atoms. The van der Waals surface area contributed by atoms with Crippen molar-refractivity contribution in [2.45, 2.75) is 6.92 Å². The standard InChI is InChI=1S/C9H7Cl2N3O/c1-5-12-9(15)14(13-5)6-2-3-7(10)8(11)4-6/h2-4H,1H3,(H,12,13,15). The van der Waals surface area contributed by atoms with Gasteiger partial charge in [0.05, 0.1) is 15.7 Å². The van der Waals surface area contributed by atoms with Crippen LogP contribution >= 0.6 is 23.2 Å². The molecule has 0 aliphatic rings.